The highest BCUT2D eigenvalue weighted by molar-refractivity contribution is 7.98. The first-order valence-electron chi connectivity index (χ1n) is 8.97. The van der Waals surface area contributed by atoms with Crippen LogP contribution in [0.4, 0.5) is 0 Å². The average Bonchev–Trinajstić information content (AvgIpc) is 2.73. The van der Waals surface area contributed by atoms with E-state index in [0.717, 1.165) is 22.1 Å². The maximum atomic E-state index is 12.5. The molecule has 3 nitrogen and oxygen atoms in total. The topological polar surface area (TPSA) is 38.3 Å². The Morgan fingerprint density at radius 2 is 1.64 bits per heavy atom. The van der Waals surface area contributed by atoms with Crippen LogP contribution in [0, 0.1) is 0 Å². The molecule has 1 N–H and O–H groups in total. The number of hydrogen-bond donors (Lipinski definition) is 1. The summed E-state index contributed by atoms with van der Waals surface area (Å²) in [6, 6.07) is 23.2. The van der Waals surface area contributed by atoms with E-state index in [4.69, 9.17) is 16.3 Å². The van der Waals surface area contributed by atoms with Gasteiger partial charge in [-0.1, -0.05) is 35.9 Å². The zero-order valence-electron chi connectivity index (χ0n) is 15.8. The normalized spacial score (nSPS) is 11.7. The Labute approximate surface area is 175 Å². The van der Waals surface area contributed by atoms with E-state index in [9.17, 15) is 4.79 Å². The fourth-order valence-corrected chi connectivity index (χ4v) is 3.69. The van der Waals surface area contributed by atoms with Gasteiger partial charge in [0.25, 0.3) is 5.91 Å². The fraction of sp³-hybridized carbons (Fsp3) is 0.174. The number of hydrogen-bond acceptors (Lipinski definition) is 3. The third-order valence-electron chi connectivity index (χ3n) is 4.40. The van der Waals surface area contributed by atoms with Gasteiger partial charge in [0.05, 0.1) is 13.2 Å². The molecule has 1 atom stereocenters. The molecule has 0 aliphatic rings. The summed E-state index contributed by atoms with van der Waals surface area (Å²) in [7, 11) is 1.64. The molecule has 3 rings (SSSR count). The van der Waals surface area contributed by atoms with Crippen LogP contribution in [0.1, 0.15) is 34.5 Å². The number of benzene rings is 3. The van der Waals surface area contributed by atoms with Gasteiger partial charge in [0.2, 0.25) is 0 Å². The lowest BCUT2D eigenvalue weighted by molar-refractivity contribution is 0.0940. The number of halogens is 1. The molecule has 5 heteroatoms. The summed E-state index contributed by atoms with van der Waals surface area (Å²) in [5, 5.41) is 3.77. The monoisotopic (exact) mass is 411 g/mol. The third-order valence-corrected chi connectivity index (χ3v) is 5.73. The smallest absolute Gasteiger partial charge is 0.251 e. The van der Waals surface area contributed by atoms with Gasteiger partial charge in [-0.25, -0.2) is 0 Å². The zero-order chi connectivity index (χ0) is 19.9. The minimum absolute atomic E-state index is 0.0831. The Morgan fingerprint density at radius 3 is 2.25 bits per heavy atom. The fourth-order valence-electron chi connectivity index (χ4n) is 2.71. The standard InChI is InChI=1S/C23H22ClNO2S/c1-16(18-7-11-21(27-2)12-8-18)25-23(26)19-5-3-17(4-6-19)15-28-22-13-9-20(24)10-14-22/h3-14,16H,15H2,1-2H3,(H,25,26). The Kier molecular flexibility index (Phi) is 7.01. The second kappa shape index (κ2) is 9.67. The summed E-state index contributed by atoms with van der Waals surface area (Å²) in [5.74, 6) is 1.56. The van der Waals surface area contributed by atoms with Crippen LogP contribution in [-0.4, -0.2) is 13.0 Å². The first-order valence-corrected chi connectivity index (χ1v) is 10.3. The molecule has 0 spiro atoms. The van der Waals surface area contributed by atoms with Crippen molar-refractivity contribution in [2.45, 2.75) is 23.6 Å². The molecule has 0 aromatic heterocycles. The molecule has 3 aromatic carbocycles. The number of ether oxygens (including phenoxy) is 1. The summed E-state index contributed by atoms with van der Waals surface area (Å²) < 4.78 is 5.17. The predicted molar refractivity (Wildman–Crippen MR) is 116 cm³/mol. The molecule has 28 heavy (non-hydrogen) atoms. The minimum Gasteiger partial charge on any atom is -0.497 e. The van der Waals surface area contributed by atoms with Gasteiger partial charge in [-0.05, 0) is 66.6 Å². The number of rotatable bonds is 7. The summed E-state index contributed by atoms with van der Waals surface area (Å²) in [5.41, 5.74) is 2.85. The molecular formula is C23H22ClNO2S. The van der Waals surface area contributed by atoms with E-state index in [-0.39, 0.29) is 11.9 Å². The van der Waals surface area contributed by atoms with Crippen LogP contribution in [0.2, 0.25) is 5.02 Å². The molecule has 0 aliphatic heterocycles. The van der Waals surface area contributed by atoms with Crippen molar-refractivity contribution in [2.24, 2.45) is 0 Å². The molecule has 0 fully saturated rings. The van der Waals surface area contributed by atoms with Crippen LogP contribution in [0.3, 0.4) is 0 Å². The van der Waals surface area contributed by atoms with Crippen LogP contribution in [0.5, 0.6) is 5.75 Å². The minimum atomic E-state index is -0.0847. The van der Waals surface area contributed by atoms with E-state index in [0.29, 0.717) is 5.56 Å². The molecule has 144 valence electrons. The second-order valence-electron chi connectivity index (χ2n) is 6.41. The van der Waals surface area contributed by atoms with E-state index in [1.54, 1.807) is 18.9 Å². The average molecular weight is 412 g/mol. The van der Waals surface area contributed by atoms with Gasteiger partial charge in [-0.15, -0.1) is 11.8 Å². The largest absolute Gasteiger partial charge is 0.497 e. The van der Waals surface area contributed by atoms with Crippen molar-refractivity contribution in [2.75, 3.05) is 7.11 Å². The van der Waals surface area contributed by atoms with Crippen molar-refractivity contribution in [3.05, 3.63) is 94.5 Å². The van der Waals surface area contributed by atoms with Gasteiger partial charge in [0.1, 0.15) is 5.75 Å². The van der Waals surface area contributed by atoms with Crippen molar-refractivity contribution < 1.29 is 9.53 Å². The van der Waals surface area contributed by atoms with E-state index >= 15 is 0 Å². The summed E-state index contributed by atoms with van der Waals surface area (Å²) in [4.78, 5) is 13.7. The first kappa shape index (κ1) is 20.3. The summed E-state index contributed by atoms with van der Waals surface area (Å²) >= 11 is 7.65. The Morgan fingerprint density at radius 1 is 1.00 bits per heavy atom. The van der Waals surface area contributed by atoms with Crippen molar-refractivity contribution in [1.82, 2.24) is 5.32 Å². The zero-order valence-corrected chi connectivity index (χ0v) is 17.4. The van der Waals surface area contributed by atoms with E-state index in [1.165, 1.54) is 10.5 Å². The summed E-state index contributed by atoms with van der Waals surface area (Å²) in [6.45, 7) is 1.97. The van der Waals surface area contributed by atoms with Gasteiger partial charge in [-0.2, -0.15) is 0 Å². The number of amides is 1. The molecule has 0 radical (unpaired) electrons. The highest BCUT2D eigenvalue weighted by atomic mass is 35.5. The van der Waals surface area contributed by atoms with Crippen LogP contribution >= 0.6 is 23.4 Å². The molecule has 1 amide bonds. The molecule has 0 bridgehead atoms. The maximum absolute atomic E-state index is 12.5. The number of nitrogens with one attached hydrogen (secondary N) is 1. The molecule has 0 aliphatic carbocycles. The highest BCUT2D eigenvalue weighted by Crippen LogP contribution is 2.24. The van der Waals surface area contributed by atoms with E-state index in [1.807, 2.05) is 79.7 Å². The van der Waals surface area contributed by atoms with Crippen LogP contribution < -0.4 is 10.1 Å². The van der Waals surface area contributed by atoms with Gasteiger partial charge in [-0.3, -0.25) is 4.79 Å². The molecule has 0 saturated carbocycles. The number of thioether (sulfide) groups is 1. The van der Waals surface area contributed by atoms with Gasteiger partial charge < -0.3 is 10.1 Å². The molecule has 0 heterocycles. The highest BCUT2D eigenvalue weighted by Gasteiger charge is 2.11. The lowest BCUT2D eigenvalue weighted by atomic mass is 10.1. The van der Waals surface area contributed by atoms with E-state index in [2.05, 4.69) is 5.32 Å². The lowest BCUT2D eigenvalue weighted by Crippen LogP contribution is -2.26. The lowest BCUT2D eigenvalue weighted by Gasteiger charge is -2.15. The maximum Gasteiger partial charge on any atom is 0.251 e. The number of methoxy groups -OCH3 is 1. The predicted octanol–water partition coefficient (Wildman–Crippen LogP) is 6.13. The molecule has 1 unspecified atom stereocenters. The van der Waals surface area contributed by atoms with Crippen molar-refractivity contribution in [3.63, 3.8) is 0 Å². The molecule has 3 aromatic rings. The number of carbonyl (C=O) groups is 1. The molecular weight excluding hydrogens is 390 g/mol. The molecule has 0 saturated heterocycles. The van der Waals surface area contributed by atoms with E-state index < -0.39 is 0 Å². The van der Waals surface area contributed by atoms with Crippen LogP contribution in [0.25, 0.3) is 0 Å². The van der Waals surface area contributed by atoms with Gasteiger partial charge in [0, 0.05) is 21.2 Å². The second-order valence-corrected chi connectivity index (χ2v) is 7.89. The van der Waals surface area contributed by atoms with Crippen LogP contribution in [-0.2, 0) is 5.75 Å². The van der Waals surface area contributed by atoms with Crippen molar-refractivity contribution >= 4 is 29.3 Å². The third kappa shape index (κ3) is 5.54. The Balaban J connectivity index is 1.55. The van der Waals surface area contributed by atoms with Crippen LogP contribution in [0.15, 0.2) is 77.7 Å². The van der Waals surface area contributed by atoms with Crippen molar-refractivity contribution in [3.8, 4) is 5.75 Å². The van der Waals surface area contributed by atoms with Crippen molar-refractivity contribution in [1.29, 1.82) is 0 Å². The quantitative estimate of drug-likeness (QED) is 0.475. The number of carbonyl (C=O) groups excluding carboxylic acids is 1. The Hall–Kier alpha value is -2.43. The Bertz CT molecular complexity index is 909. The SMILES string of the molecule is COc1ccc(C(C)NC(=O)c2ccc(CSc3ccc(Cl)cc3)cc2)cc1. The first-order chi connectivity index (χ1) is 13.5. The summed E-state index contributed by atoms with van der Waals surface area (Å²) in [6.07, 6.45) is 0. The van der Waals surface area contributed by atoms with Gasteiger partial charge >= 0.3 is 0 Å². The van der Waals surface area contributed by atoms with Gasteiger partial charge in [0.15, 0.2) is 0 Å².